The predicted molar refractivity (Wildman–Crippen MR) is 158 cm³/mol. The molecule has 0 spiro atoms. The lowest BCUT2D eigenvalue weighted by Crippen LogP contribution is -2.46. The van der Waals surface area contributed by atoms with Crippen molar-refractivity contribution in [2.45, 2.75) is 19.8 Å². The van der Waals surface area contributed by atoms with Crippen LogP contribution in [0.1, 0.15) is 37.7 Å². The van der Waals surface area contributed by atoms with Crippen molar-refractivity contribution in [2.75, 3.05) is 69.7 Å². The Morgan fingerprint density at radius 3 is 2.41 bits per heavy atom. The maximum atomic E-state index is 13.3. The Labute approximate surface area is 243 Å². The number of anilines is 2. The molecule has 0 unspecified atom stereocenters. The van der Waals surface area contributed by atoms with Gasteiger partial charge in [-0.25, -0.2) is 0 Å². The molecule has 0 aliphatic carbocycles. The number of nitrogens with one attached hydrogen (secondary N) is 2. The van der Waals surface area contributed by atoms with Crippen LogP contribution in [-0.4, -0.2) is 96.6 Å². The summed E-state index contributed by atoms with van der Waals surface area (Å²) in [7, 11) is 1.60. The third-order valence-corrected chi connectivity index (χ3v) is 8.23. The van der Waals surface area contributed by atoms with E-state index >= 15 is 0 Å². The first-order valence-corrected chi connectivity index (χ1v) is 14.6. The second kappa shape index (κ2) is 13.1. The molecule has 2 N–H and O–H groups in total. The van der Waals surface area contributed by atoms with Gasteiger partial charge in [-0.3, -0.25) is 14.4 Å². The molecular weight excluding hydrogens is 542 g/mol. The molecule has 0 radical (unpaired) electrons. The number of methoxy groups -OCH3 is 1. The minimum absolute atomic E-state index is 0.0510. The number of hydrogen-bond donors (Lipinski definition) is 2. The molecule has 11 nitrogen and oxygen atoms in total. The number of aromatic nitrogens is 2. The first-order chi connectivity index (χ1) is 19.9. The Morgan fingerprint density at radius 2 is 1.71 bits per heavy atom. The number of carbonyl (C=O) groups is 3. The van der Waals surface area contributed by atoms with E-state index < -0.39 is 0 Å². The molecular formula is C29H35N7O4S. The lowest BCUT2D eigenvalue weighted by atomic mass is 10.1. The SMILES string of the molecule is COc1ccc(CC(=O)Nc2cc(C(=O)N3CCNCC3)ccc2N2CCCN(C(=O)c3snnc3C)CC2)cc1. The van der Waals surface area contributed by atoms with E-state index in [2.05, 4.69) is 25.1 Å². The van der Waals surface area contributed by atoms with Crippen molar-refractivity contribution in [1.82, 2.24) is 24.7 Å². The van der Waals surface area contributed by atoms with E-state index in [1.807, 2.05) is 46.2 Å². The van der Waals surface area contributed by atoms with E-state index in [-0.39, 0.29) is 24.1 Å². The van der Waals surface area contributed by atoms with Crippen LogP contribution in [0.4, 0.5) is 11.4 Å². The normalized spacial score (nSPS) is 15.8. The standard InChI is InChI=1S/C29H35N7O4S/c1-20-27(41-33-32-20)29(39)35-13-3-12-34(16-17-35)25-9-6-22(28(38)36-14-10-30-11-15-36)19-24(25)31-26(37)18-21-4-7-23(40-2)8-5-21/h4-9,19,30H,3,10-18H2,1-2H3,(H,31,37). The Bertz CT molecular complexity index is 1390. The molecule has 2 fully saturated rings. The quantitative estimate of drug-likeness (QED) is 0.440. The van der Waals surface area contributed by atoms with Gasteiger partial charge in [0.1, 0.15) is 10.6 Å². The first kappa shape index (κ1) is 28.5. The molecule has 0 saturated carbocycles. The molecule has 2 aliphatic rings. The highest BCUT2D eigenvalue weighted by Gasteiger charge is 2.26. The van der Waals surface area contributed by atoms with Crippen LogP contribution in [-0.2, 0) is 11.2 Å². The highest BCUT2D eigenvalue weighted by Crippen LogP contribution is 2.30. The summed E-state index contributed by atoms with van der Waals surface area (Å²) in [5.74, 6) is 0.447. The average Bonchev–Trinajstić information content (AvgIpc) is 3.28. The Kier molecular flexibility index (Phi) is 9.10. The van der Waals surface area contributed by atoms with Crippen LogP contribution in [0.3, 0.4) is 0 Å². The fourth-order valence-electron chi connectivity index (χ4n) is 5.15. The molecule has 0 bridgehead atoms. The molecule has 12 heteroatoms. The highest BCUT2D eigenvalue weighted by atomic mass is 32.1. The van der Waals surface area contributed by atoms with Gasteiger partial charge in [0.05, 0.1) is 30.6 Å². The van der Waals surface area contributed by atoms with E-state index in [4.69, 9.17) is 4.74 Å². The summed E-state index contributed by atoms with van der Waals surface area (Å²) in [6, 6.07) is 12.9. The summed E-state index contributed by atoms with van der Waals surface area (Å²) in [5.41, 5.74) is 3.46. The summed E-state index contributed by atoms with van der Waals surface area (Å²) in [6.45, 7) is 7.03. The summed E-state index contributed by atoms with van der Waals surface area (Å²) in [6.07, 6.45) is 0.946. The first-order valence-electron chi connectivity index (χ1n) is 13.8. The molecule has 1 aromatic heterocycles. The van der Waals surface area contributed by atoms with Gasteiger partial charge in [-0.05, 0) is 60.8 Å². The number of carbonyl (C=O) groups excluding carboxylic acids is 3. The highest BCUT2D eigenvalue weighted by molar-refractivity contribution is 7.07. The second-order valence-corrected chi connectivity index (χ2v) is 10.9. The van der Waals surface area contributed by atoms with Crippen molar-refractivity contribution in [3.63, 3.8) is 0 Å². The van der Waals surface area contributed by atoms with E-state index in [1.165, 1.54) is 0 Å². The molecule has 3 amide bonds. The number of benzene rings is 2. The Morgan fingerprint density at radius 1 is 0.951 bits per heavy atom. The molecule has 0 atom stereocenters. The zero-order valence-corrected chi connectivity index (χ0v) is 24.2. The average molecular weight is 578 g/mol. The van der Waals surface area contributed by atoms with Crippen molar-refractivity contribution < 1.29 is 19.1 Å². The van der Waals surface area contributed by atoms with Gasteiger partial charge in [0.15, 0.2) is 0 Å². The molecule has 3 aromatic rings. The number of rotatable bonds is 7. The largest absolute Gasteiger partial charge is 0.497 e. The third-order valence-electron chi connectivity index (χ3n) is 7.42. The van der Waals surface area contributed by atoms with Crippen molar-refractivity contribution in [3.05, 3.63) is 64.2 Å². The van der Waals surface area contributed by atoms with Gasteiger partial charge in [-0.2, -0.15) is 0 Å². The van der Waals surface area contributed by atoms with Crippen LogP contribution in [0, 0.1) is 6.92 Å². The van der Waals surface area contributed by atoms with Gasteiger partial charge in [-0.1, -0.05) is 16.6 Å². The summed E-state index contributed by atoms with van der Waals surface area (Å²) in [5, 5.41) is 10.3. The monoisotopic (exact) mass is 577 g/mol. The van der Waals surface area contributed by atoms with Gasteiger partial charge in [0.2, 0.25) is 5.91 Å². The van der Waals surface area contributed by atoms with Crippen molar-refractivity contribution in [2.24, 2.45) is 0 Å². The van der Waals surface area contributed by atoms with Crippen molar-refractivity contribution in [1.29, 1.82) is 0 Å². The Hall–Kier alpha value is -4.03. The molecule has 2 saturated heterocycles. The minimum atomic E-state index is -0.178. The number of nitrogens with zero attached hydrogens (tertiary/aromatic N) is 5. The lowest BCUT2D eigenvalue weighted by Gasteiger charge is -2.29. The van der Waals surface area contributed by atoms with Crippen molar-refractivity contribution >= 4 is 40.6 Å². The fourth-order valence-corrected chi connectivity index (χ4v) is 5.78. The number of amides is 3. The molecule has 41 heavy (non-hydrogen) atoms. The van der Waals surface area contributed by atoms with Gasteiger partial charge in [0, 0.05) is 57.9 Å². The molecule has 3 heterocycles. The second-order valence-electron chi connectivity index (χ2n) is 10.2. The number of piperazine rings is 1. The van der Waals surface area contributed by atoms with Crippen LogP contribution in [0.25, 0.3) is 0 Å². The lowest BCUT2D eigenvalue weighted by molar-refractivity contribution is -0.115. The smallest absolute Gasteiger partial charge is 0.267 e. The topological polar surface area (TPSA) is 120 Å². The van der Waals surface area contributed by atoms with Crippen LogP contribution < -0.4 is 20.3 Å². The third kappa shape index (κ3) is 6.83. The summed E-state index contributed by atoms with van der Waals surface area (Å²) >= 11 is 1.12. The predicted octanol–water partition coefficient (Wildman–Crippen LogP) is 2.43. The van der Waals surface area contributed by atoms with Gasteiger partial charge in [-0.15, -0.1) is 5.10 Å². The van der Waals surface area contributed by atoms with Gasteiger partial charge < -0.3 is 30.1 Å². The van der Waals surface area contributed by atoms with Crippen LogP contribution in [0.2, 0.25) is 0 Å². The minimum Gasteiger partial charge on any atom is -0.497 e. The maximum absolute atomic E-state index is 13.3. The molecule has 2 aliphatic heterocycles. The fraction of sp³-hybridized carbons (Fsp3) is 0.414. The molecule has 5 rings (SSSR count). The van der Waals surface area contributed by atoms with Crippen molar-refractivity contribution in [3.8, 4) is 5.75 Å². The van der Waals surface area contributed by atoms with Crippen LogP contribution in [0.15, 0.2) is 42.5 Å². The van der Waals surface area contributed by atoms with Crippen LogP contribution in [0.5, 0.6) is 5.75 Å². The zero-order valence-electron chi connectivity index (χ0n) is 23.4. The van der Waals surface area contributed by atoms with E-state index in [9.17, 15) is 14.4 Å². The summed E-state index contributed by atoms with van der Waals surface area (Å²) < 4.78 is 9.13. The van der Waals surface area contributed by atoms with Crippen LogP contribution >= 0.6 is 11.5 Å². The number of aryl methyl sites for hydroxylation is 1. The summed E-state index contributed by atoms with van der Waals surface area (Å²) in [4.78, 5) is 46.0. The van der Waals surface area contributed by atoms with E-state index in [0.717, 1.165) is 48.0 Å². The van der Waals surface area contributed by atoms with E-state index in [1.54, 1.807) is 20.1 Å². The number of hydrogen-bond acceptors (Lipinski definition) is 9. The van der Waals surface area contributed by atoms with Gasteiger partial charge >= 0.3 is 0 Å². The molecule has 2 aromatic carbocycles. The molecule has 216 valence electrons. The van der Waals surface area contributed by atoms with Gasteiger partial charge in [0.25, 0.3) is 11.8 Å². The van der Waals surface area contributed by atoms with E-state index in [0.29, 0.717) is 61.1 Å². The number of ether oxygens (including phenoxy) is 1. The maximum Gasteiger partial charge on any atom is 0.267 e. The zero-order chi connectivity index (χ0) is 28.8. The Balaban J connectivity index is 1.36.